The lowest BCUT2D eigenvalue weighted by Gasteiger charge is -2.11. The van der Waals surface area contributed by atoms with Gasteiger partial charge in [-0.15, -0.1) is 0 Å². The zero-order valence-electron chi connectivity index (χ0n) is 8.42. The van der Waals surface area contributed by atoms with Crippen LogP contribution in [0, 0.1) is 5.92 Å². The Hall–Kier alpha value is -0.900. The molecular formula is C9H17NO3. The van der Waals surface area contributed by atoms with Crippen molar-refractivity contribution in [3.05, 3.63) is 0 Å². The van der Waals surface area contributed by atoms with E-state index >= 15 is 0 Å². The van der Waals surface area contributed by atoms with Gasteiger partial charge in [-0.25, -0.2) is 0 Å². The maximum absolute atomic E-state index is 11.1. The molecule has 0 saturated carbocycles. The van der Waals surface area contributed by atoms with Gasteiger partial charge in [0.15, 0.2) is 0 Å². The number of amides is 1. The third kappa shape index (κ3) is 5.36. The molecule has 4 nitrogen and oxygen atoms in total. The normalized spacial score (nSPS) is 12.2. The number of carbonyl (C=O) groups excluding carboxylic acids is 2. The first kappa shape index (κ1) is 12.1. The van der Waals surface area contributed by atoms with E-state index in [2.05, 4.69) is 5.32 Å². The van der Waals surface area contributed by atoms with Gasteiger partial charge in [0.2, 0.25) is 5.91 Å². The number of ether oxygens (including phenoxy) is 1. The molecule has 76 valence electrons. The third-order valence-corrected chi connectivity index (χ3v) is 1.75. The number of carbonyl (C=O) groups is 2. The van der Waals surface area contributed by atoms with Gasteiger partial charge in [0.05, 0.1) is 6.61 Å². The molecule has 4 heteroatoms. The zero-order valence-corrected chi connectivity index (χ0v) is 8.42. The second-order valence-electron chi connectivity index (χ2n) is 2.92. The largest absolute Gasteiger partial charge is 0.384 e. The van der Waals surface area contributed by atoms with Crippen molar-refractivity contribution in [3.8, 4) is 0 Å². The smallest absolute Gasteiger partial charge is 0.220 e. The Kier molecular flexibility index (Phi) is 6.14. The Labute approximate surface area is 78.6 Å². The first-order valence-electron chi connectivity index (χ1n) is 4.37. The van der Waals surface area contributed by atoms with Crippen molar-refractivity contribution >= 4 is 11.7 Å². The Morgan fingerprint density at radius 3 is 2.46 bits per heavy atom. The van der Waals surface area contributed by atoms with Crippen molar-refractivity contribution in [1.29, 1.82) is 0 Å². The Balaban J connectivity index is 3.94. The van der Waals surface area contributed by atoms with Crippen molar-refractivity contribution in [2.24, 2.45) is 5.92 Å². The molecule has 0 aliphatic heterocycles. The van der Waals surface area contributed by atoms with Crippen molar-refractivity contribution in [2.75, 3.05) is 20.3 Å². The van der Waals surface area contributed by atoms with Crippen LogP contribution in [-0.4, -0.2) is 32.0 Å². The fourth-order valence-corrected chi connectivity index (χ4v) is 1.01. The molecule has 1 atom stereocenters. The number of ketones is 1. The molecule has 0 aromatic heterocycles. The quantitative estimate of drug-likeness (QED) is 0.653. The second kappa shape index (κ2) is 6.60. The van der Waals surface area contributed by atoms with Crippen LogP contribution < -0.4 is 5.32 Å². The molecule has 1 unspecified atom stereocenters. The first-order chi connectivity index (χ1) is 6.11. The summed E-state index contributed by atoms with van der Waals surface area (Å²) in [6.07, 6.45) is 0.219. The van der Waals surface area contributed by atoms with Gasteiger partial charge < -0.3 is 10.1 Å². The highest BCUT2D eigenvalue weighted by atomic mass is 16.5. The number of nitrogens with one attached hydrogen (secondary N) is 1. The molecule has 0 saturated heterocycles. The van der Waals surface area contributed by atoms with E-state index < -0.39 is 0 Å². The van der Waals surface area contributed by atoms with Gasteiger partial charge in [-0.05, 0) is 13.8 Å². The summed E-state index contributed by atoms with van der Waals surface area (Å²) in [5.41, 5.74) is 0. The van der Waals surface area contributed by atoms with Crippen LogP contribution in [0.4, 0.5) is 0 Å². The van der Waals surface area contributed by atoms with Gasteiger partial charge in [0.25, 0.3) is 0 Å². The van der Waals surface area contributed by atoms with Gasteiger partial charge >= 0.3 is 0 Å². The summed E-state index contributed by atoms with van der Waals surface area (Å²) in [4.78, 5) is 22.1. The number of hydrogen-bond donors (Lipinski definition) is 1. The lowest BCUT2D eigenvalue weighted by molar-refractivity contribution is -0.129. The molecule has 0 aliphatic carbocycles. The Morgan fingerprint density at radius 1 is 1.46 bits per heavy atom. The molecule has 1 amide bonds. The molecule has 0 fully saturated rings. The van der Waals surface area contributed by atoms with Gasteiger partial charge in [-0.1, -0.05) is 0 Å². The summed E-state index contributed by atoms with van der Waals surface area (Å²) < 4.78 is 4.84. The highest BCUT2D eigenvalue weighted by molar-refractivity contribution is 5.85. The predicted octanol–water partition coefficient (Wildman–Crippen LogP) is 0.364. The minimum atomic E-state index is -0.309. The number of Topliss-reactive ketones (excluding diaryl/α,β-unsaturated/α-hetero) is 1. The van der Waals surface area contributed by atoms with E-state index in [-0.39, 0.29) is 24.0 Å². The molecule has 0 aromatic rings. The van der Waals surface area contributed by atoms with E-state index in [4.69, 9.17) is 4.74 Å². The van der Waals surface area contributed by atoms with Crippen LogP contribution in [-0.2, 0) is 14.3 Å². The number of rotatable bonds is 6. The minimum Gasteiger partial charge on any atom is -0.384 e. The van der Waals surface area contributed by atoms with E-state index in [1.807, 2.05) is 6.92 Å². The third-order valence-electron chi connectivity index (χ3n) is 1.75. The molecule has 0 heterocycles. The lowest BCUT2D eigenvalue weighted by Crippen LogP contribution is -2.29. The average Bonchev–Trinajstić information content (AvgIpc) is 2.04. The van der Waals surface area contributed by atoms with Crippen LogP contribution in [0.3, 0.4) is 0 Å². The van der Waals surface area contributed by atoms with E-state index in [9.17, 15) is 9.59 Å². The highest BCUT2D eigenvalue weighted by Gasteiger charge is 2.17. The van der Waals surface area contributed by atoms with Crippen LogP contribution in [0.15, 0.2) is 0 Å². The average molecular weight is 187 g/mol. The monoisotopic (exact) mass is 187 g/mol. The molecule has 13 heavy (non-hydrogen) atoms. The number of methoxy groups -OCH3 is 1. The standard InChI is InChI=1S/C9H17NO3/c1-4-10-9(12)5-8(6-13-3)7(2)11/h8H,4-6H2,1-3H3,(H,10,12). The molecule has 0 bridgehead atoms. The van der Waals surface area contributed by atoms with Crippen LogP contribution in [0.25, 0.3) is 0 Å². The summed E-state index contributed by atoms with van der Waals surface area (Å²) in [7, 11) is 1.52. The summed E-state index contributed by atoms with van der Waals surface area (Å²) >= 11 is 0. The van der Waals surface area contributed by atoms with Crippen LogP contribution in [0.2, 0.25) is 0 Å². The maximum Gasteiger partial charge on any atom is 0.220 e. The molecule has 0 spiro atoms. The second-order valence-corrected chi connectivity index (χ2v) is 2.92. The van der Waals surface area contributed by atoms with Gasteiger partial charge in [-0.3, -0.25) is 9.59 Å². The Morgan fingerprint density at radius 2 is 2.08 bits per heavy atom. The predicted molar refractivity (Wildman–Crippen MR) is 49.3 cm³/mol. The first-order valence-corrected chi connectivity index (χ1v) is 4.37. The molecule has 0 aliphatic rings. The summed E-state index contributed by atoms with van der Waals surface area (Å²) in [6.45, 7) is 4.23. The fourth-order valence-electron chi connectivity index (χ4n) is 1.01. The summed E-state index contributed by atoms with van der Waals surface area (Å²) in [6, 6.07) is 0. The lowest BCUT2D eigenvalue weighted by atomic mass is 10.0. The van der Waals surface area contributed by atoms with Crippen molar-refractivity contribution in [3.63, 3.8) is 0 Å². The van der Waals surface area contributed by atoms with Crippen molar-refractivity contribution in [1.82, 2.24) is 5.32 Å². The molecule has 0 aromatic carbocycles. The minimum absolute atomic E-state index is 0.00639. The van der Waals surface area contributed by atoms with E-state index in [1.54, 1.807) is 0 Å². The number of hydrogen-bond acceptors (Lipinski definition) is 3. The van der Waals surface area contributed by atoms with E-state index in [0.29, 0.717) is 13.2 Å². The van der Waals surface area contributed by atoms with Crippen molar-refractivity contribution in [2.45, 2.75) is 20.3 Å². The Bertz CT molecular complexity index is 180. The van der Waals surface area contributed by atoms with Crippen LogP contribution in [0.5, 0.6) is 0 Å². The van der Waals surface area contributed by atoms with Gasteiger partial charge in [0.1, 0.15) is 5.78 Å². The van der Waals surface area contributed by atoms with Gasteiger partial charge in [0, 0.05) is 26.0 Å². The van der Waals surface area contributed by atoms with E-state index in [1.165, 1.54) is 14.0 Å². The van der Waals surface area contributed by atoms with Crippen LogP contribution in [0.1, 0.15) is 20.3 Å². The maximum atomic E-state index is 11.1. The summed E-state index contributed by atoms with van der Waals surface area (Å²) in [5.74, 6) is -0.413. The van der Waals surface area contributed by atoms with Crippen LogP contribution >= 0.6 is 0 Å². The van der Waals surface area contributed by atoms with Gasteiger partial charge in [-0.2, -0.15) is 0 Å². The molecule has 1 N–H and O–H groups in total. The summed E-state index contributed by atoms with van der Waals surface area (Å²) in [5, 5.41) is 2.64. The van der Waals surface area contributed by atoms with Crippen molar-refractivity contribution < 1.29 is 14.3 Å². The molecular weight excluding hydrogens is 170 g/mol. The molecule has 0 radical (unpaired) electrons. The van der Waals surface area contributed by atoms with E-state index in [0.717, 1.165) is 0 Å². The zero-order chi connectivity index (χ0) is 10.3. The topological polar surface area (TPSA) is 55.4 Å². The SMILES string of the molecule is CCNC(=O)CC(COC)C(C)=O. The molecule has 0 rings (SSSR count). The fraction of sp³-hybridized carbons (Fsp3) is 0.778. The highest BCUT2D eigenvalue weighted by Crippen LogP contribution is 2.04.